The highest BCUT2D eigenvalue weighted by molar-refractivity contribution is 5.82. The number of carbonyl (C=O) groups is 1. The third-order valence-electron chi connectivity index (χ3n) is 4.49. The lowest BCUT2D eigenvalue weighted by molar-refractivity contribution is -0.132. The summed E-state index contributed by atoms with van der Waals surface area (Å²) in [6.07, 6.45) is 2.27. The summed E-state index contributed by atoms with van der Waals surface area (Å²) in [5.41, 5.74) is 0.715. The maximum absolute atomic E-state index is 12.5. The molecule has 116 valence electrons. The predicted octanol–water partition coefficient (Wildman–Crippen LogP) is 2.34. The summed E-state index contributed by atoms with van der Waals surface area (Å²) >= 11 is 0. The van der Waals surface area contributed by atoms with Gasteiger partial charge in [-0.1, -0.05) is 26.0 Å². The average Bonchev–Trinajstić information content (AvgIpc) is 2.53. The molecular weight excluding hydrogens is 264 g/mol. The van der Waals surface area contributed by atoms with Gasteiger partial charge in [-0.05, 0) is 49.5 Å². The Morgan fingerprint density at radius 3 is 2.95 bits per heavy atom. The molecule has 0 saturated carbocycles. The van der Waals surface area contributed by atoms with Crippen molar-refractivity contribution in [2.45, 2.75) is 33.2 Å². The van der Waals surface area contributed by atoms with Crippen molar-refractivity contribution >= 4 is 5.91 Å². The van der Waals surface area contributed by atoms with Crippen LogP contribution in [0.1, 0.15) is 32.3 Å². The van der Waals surface area contributed by atoms with Gasteiger partial charge in [-0.15, -0.1) is 0 Å². The molecule has 1 aromatic rings. The third kappa shape index (κ3) is 3.97. The van der Waals surface area contributed by atoms with Gasteiger partial charge in [0, 0.05) is 12.0 Å². The number of carbonyl (C=O) groups excluding carboxylic acids is 1. The first-order valence-corrected chi connectivity index (χ1v) is 7.66. The quantitative estimate of drug-likeness (QED) is 0.875. The van der Waals surface area contributed by atoms with Crippen LogP contribution in [-0.4, -0.2) is 26.1 Å². The van der Waals surface area contributed by atoms with Gasteiger partial charge < -0.3 is 15.4 Å². The van der Waals surface area contributed by atoms with Crippen molar-refractivity contribution in [2.24, 2.45) is 11.3 Å². The second-order valence-electron chi connectivity index (χ2n) is 6.30. The van der Waals surface area contributed by atoms with Crippen LogP contribution < -0.4 is 15.4 Å². The molecule has 1 aliphatic rings. The van der Waals surface area contributed by atoms with Gasteiger partial charge in [0.1, 0.15) is 5.75 Å². The normalized spacial score (nSPS) is 19.1. The Hall–Kier alpha value is -1.55. The van der Waals surface area contributed by atoms with E-state index in [1.54, 1.807) is 7.11 Å². The number of methoxy groups -OCH3 is 1. The van der Waals surface area contributed by atoms with E-state index in [1.165, 1.54) is 0 Å². The molecule has 1 saturated heterocycles. The minimum Gasteiger partial charge on any atom is -0.497 e. The summed E-state index contributed by atoms with van der Waals surface area (Å²) in [7, 11) is 1.65. The number of nitrogens with one attached hydrogen (secondary N) is 2. The molecule has 2 N–H and O–H groups in total. The number of hydrogen-bond donors (Lipinski definition) is 2. The zero-order valence-electron chi connectivity index (χ0n) is 13.2. The highest BCUT2D eigenvalue weighted by Gasteiger charge is 2.36. The highest BCUT2D eigenvalue weighted by Crippen LogP contribution is 2.32. The summed E-state index contributed by atoms with van der Waals surface area (Å²) in [6, 6.07) is 7.80. The third-order valence-corrected chi connectivity index (χ3v) is 4.49. The fourth-order valence-electron chi connectivity index (χ4n) is 2.85. The molecule has 1 amide bonds. The summed E-state index contributed by atoms with van der Waals surface area (Å²) in [5.74, 6) is 1.34. The number of ether oxygens (including phenoxy) is 1. The summed E-state index contributed by atoms with van der Waals surface area (Å²) in [6.45, 7) is 6.63. The zero-order chi connectivity index (χ0) is 15.3. The molecule has 0 aromatic heterocycles. The molecule has 4 nitrogen and oxygen atoms in total. The average molecular weight is 290 g/mol. The number of rotatable bonds is 5. The van der Waals surface area contributed by atoms with E-state index < -0.39 is 0 Å². The van der Waals surface area contributed by atoms with Crippen LogP contribution in [0.25, 0.3) is 0 Å². The SMILES string of the molecule is COc1cccc(CNC(=O)C(C)(C)C2CCCNC2)c1. The number of hydrogen-bond acceptors (Lipinski definition) is 3. The monoisotopic (exact) mass is 290 g/mol. The maximum atomic E-state index is 12.5. The molecule has 4 heteroatoms. The van der Waals surface area contributed by atoms with Crippen molar-refractivity contribution in [3.05, 3.63) is 29.8 Å². The van der Waals surface area contributed by atoms with Crippen molar-refractivity contribution in [1.82, 2.24) is 10.6 Å². The van der Waals surface area contributed by atoms with Crippen molar-refractivity contribution < 1.29 is 9.53 Å². The molecule has 0 aliphatic carbocycles. The second-order valence-corrected chi connectivity index (χ2v) is 6.30. The van der Waals surface area contributed by atoms with Crippen LogP contribution in [0.2, 0.25) is 0 Å². The number of benzene rings is 1. The van der Waals surface area contributed by atoms with Crippen LogP contribution in [0.5, 0.6) is 5.75 Å². The van der Waals surface area contributed by atoms with Crippen LogP contribution in [0, 0.1) is 11.3 Å². The van der Waals surface area contributed by atoms with E-state index in [1.807, 2.05) is 38.1 Å². The lowest BCUT2D eigenvalue weighted by Crippen LogP contribution is -2.47. The van der Waals surface area contributed by atoms with E-state index >= 15 is 0 Å². The summed E-state index contributed by atoms with van der Waals surface area (Å²) < 4.78 is 5.20. The number of piperidine rings is 1. The van der Waals surface area contributed by atoms with Crippen LogP contribution in [0.4, 0.5) is 0 Å². The molecule has 2 rings (SSSR count). The Kier molecular flexibility index (Phi) is 5.23. The van der Waals surface area contributed by atoms with Crippen LogP contribution >= 0.6 is 0 Å². The minimum absolute atomic E-state index is 0.124. The minimum atomic E-state index is -0.341. The molecule has 21 heavy (non-hydrogen) atoms. The van der Waals surface area contributed by atoms with Gasteiger partial charge in [-0.2, -0.15) is 0 Å². The van der Waals surface area contributed by atoms with Crippen molar-refractivity contribution in [2.75, 3.05) is 20.2 Å². The predicted molar refractivity (Wildman–Crippen MR) is 84.2 cm³/mol. The largest absolute Gasteiger partial charge is 0.497 e. The van der Waals surface area contributed by atoms with E-state index in [0.29, 0.717) is 12.5 Å². The Balaban J connectivity index is 1.93. The Bertz CT molecular complexity index is 479. The van der Waals surface area contributed by atoms with Crippen LogP contribution in [0.15, 0.2) is 24.3 Å². The topological polar surface area (TPSA) is 50.4 Å². The van der Waals surface area contributed by atoms with Gasteiger partial charge in [0.05, 0.1) is 7.11 Å². The lowest BCUT2D eigenvalue weighted by atomic mass is 9.74. The van der Waals surface area contributed by atoms with Crippen molar-refractivity contribution in [3.8, 4) is 5.75 Å². The molecule has 1 aliphatic heterocycles. The van der Waals surface area contributed by atoms with Gasteiger partial charge in [-0.3, -0.25) is 4.79 Å². The molecule has 1 heterocycles. The molecule has 0 spiro atoms. The van der Waals surface area contributed by atoms with Gasteiger partial charge in [0.15, 0.2) is 0 Å². The molecule has 0 bridgehead atoms. The van der Waals surface area contributed by atoms with Gasteiger partial charge >= 0.3 is 0 Å². The van der Waals surface area contributed by atoms with Crippen LogP contribution in [0.3, 0.4) is 0 Å². The van der Waals surface area contributed by atoms with E-state index in [0.717, 1.165) is 37.2 Å². The van der Waals surface area contributed by atoms with E-state index in [-0.39, 0.29) is 11.3 Å². The molecule has 1 aromatic carbocycles. The van der Waals surface area contributed by atoms with E-state index in [2.05, 4.69) is 10.6 Å². The second kappa shape index (κ2) is 6.94. The van der Waals surface area contributed by atoms with Gasteiger partial charge in [0.2, 0.25) is 5.91 Å². The Morgan fingerprint density at radius 1 is 1.48 bits per heavy atom. The lowest BCUT2D eigenvalue weighted by Gasteiger charge is -2.36. The van der Waals surface area contributed by atoms with Crippen LogP contribution in [-0.2, 0) is 11.3 Å². The first-order chi connectivity index (χ1) is 10.0. The van der Waals surface area contributed by atoms with E-state index in [9.17, 15) is 4.79 Å². The summed E-state index contributed by atoms with van der Waals surface area (Å²) in [4.78, 5) is 12.5. The zero-order valence-corrected chi connectivity index (χ0v) is 13.2. The van der Waals surface area contributed by atoms with Gasteiger partial charge in [-0.25, -0.2) is 0 Å². The molecule has 0 radical (unpaired) electrons. The fraction of sp³-hybridized carbons (Fsp3) is 0.588. The van der Waals surface area contributed by atoms with Crippen molar-refractivity contribution in [1.29, 1.82) is 0 Å². The standard InChI is InChI=1S/C17H26N2O2/c1-17(2,14-7-5-9-18-12-14)16(20)19-11-13-6-4-8-15(10-13)21-3/h4,6,8,10,14,18H,5,7,9,11-12H2,1-3H3,(H,19,20). The molecule has 1 fully saturated rings. The van der Waals surface area contributed by atoms with Crippen molar-refractivity contribution in [3.63, 3.8) is 0 Å². The van der Waals surface area contributed by atoms with E-state index in [4.69, 9.17) is 4.74 Å². The highest BCUT2D eigenvalue weighted by atomic mass is 16.5. The first kappa shape index (κ1) is 15.8. The molecule has 1 unspecified atom stereocenters. The molecule has 1 atom stereocenters. The molecular formula is C17H26N2O2. The maximum Gasteiger partial charge on any atom is 0.226 e. The van der Waals surface area contributed by atoms with Gasteiger partial charge in [0.25, 0.3) is 0 Å². The number of amides is 1. The fourth-order valence-corrected chi connectivity index (χ4v) is 2.85. The Labute approximate surface area is 127 Å². The Morgan fingerprint density at radius 2 is 2.29 bits per heavy atom. The smallest absolute Gasteiger partial charge is 0.226 e. The first-order valence-electron chi connectivity index (χ1n) is 7.66. The summed E-state index contributed by atoms with van der Waals surface area (Å²) in [5, 5.41) is 6.45.